The Bertz CT molecular complexity index is 379. The highest BCUT2D eigenvalue weighted by molar-refractivity contribution is 5.92. The maximum atomic E-state index is 10.8. The fraction of sp³-hybridized carbons (Fsp3) is 0.222. The Kier molecular flexibility index (Phi) is 3.75. The monoisotopic (exact) mass is 209 g/mol. The van der Waals surface area contributed by atoms with E-state index >= 15 is 0 Å². The molecule has 0 saturated heterocycles. The number of aliphatic carboxylic acids is 1. The minimum atomic E-state index is -0.943. The highest BCUT2D eigenvalue weighted by atomic mass is 16.4. The highest BCUT2D eigenvalue weighted by Crippen LogP contribution is 2.00. The van der Waals surface area contributed by atoms with E-state index in [-0.39, 0.29) is 13.1 Å². The van der Waals surface area contributed by atoms with Gasteiger partial charge in [-0.3, -0.25) is 14.6 Å². The lowest BCUT2D eigenvalue weighted by Crippen LogP contribution is -2.22. The number of hydrogen-bond donors (Lipinski definition) is 3. The first-order valence-corrected chi connectivity index (χ1v) is 4.27. The minimum absolute atomic E-state index is 0.150. The number of rotatable bonds is 5. The third-order valence-corrected chi connectivity index (χ3v) is 1.68. The molecule has 0 fully saturated rings. The number of nitrogens with zero attached hydrogens (tertiary/aromatic N) is 1. The second kappa shape index (κ2) is 5.06. The lowest BCUT2D eigenvalue weighted by atomic mass is 10.2. The second-order valence-electron chi connectivity index (χ2n) is 2.90. The van der Waals surface area contributed by atoms with E-state index in [1.165, 1.54) is 18.3 Å². The van der Waals surface area contributed by atoms with Gasteiger partial charge < -0.3 is 16.2 Å². The summed E-state index contributed by atoms with van der Waals surface area (Å²) in [6, 6.07) is 3.03. The maximum absolute atomic E-state index is 10.8. The predicted octanol–water partition coefficient (Wildman–Crippen LogP) is -0.645. The molecule has 1 amide bonds. The fourth-order valence-corrected chi connectivity index (χ4v) is 1.03. The molecule has 0 bridgehead atoms. The number of nitrogens with two attached hydrogens (primary N) is 1. The third kappa shape index (κ3) is 3.74. The van der Waals surface area contributed by atoms with E-state index in [2.05, 4.69) is 10.3 Å². The number of amides is 1. The molecule has 1 heterocycles. The van der Waals surface area contributed by atoms with Crippen LogP contribution in [0.1, 0.15) is 16.1 Å². The van der Waals surface area contributed by atoms with Gasteiger partial charge in [0, 0.05) is 18.3 Å². The number of carbonyl (C=O) groups is 2. The van der Waals surface area contributed by atoms with Gasteiger partial charge in [-0.2, -0.15) is 0 Å². The van der Waals surface area contributed by atoms with Crippen molar-refractivity contribution in [3.63, 3.8) is 0 Å². The summed E-state index contributed by atoms with van der Waals surface area (Å²) in [5, 5.41) is 11.0. The average Bonchev–Trinajstić information content (AvgIpc) is 2.17. The predicted molar refractivity (Wildman–Crippen MR) is 52.1 cm³/mol. The minimum Gasteiger partial charge on any atom is -0.480 e. The molecule has 1 rings (SSSR count). The molecule has 6 nitrogen and oxygen atoms in total. The first kappa shape index (κ1) is 11.1. The van der Waals surface area contributed by atoms with Crippen LogP contribution in [0.15, 0.2) is 18.3 Å². The van der Waals surface area contributed by atoms with Gasteiger partial charge >= 0.3 is 5.97 Å². The molecule has 6 heteroatoms. The van der Waals surface area contributed by atoms with Crippen molar-refractivity contribution in [3.8, 4) is 0 Å². The molecule has 80 valence electrons. The Labute approximate surface area is 86.1 Å². The molecule has 0 saturated carbocycles. The van der Waals surface area contributed by atoms with Crippen LogP contribution in [0.5, 0.6) is 0 Å². The number of nitrogens with one attached hydrogen (secondary N) is 1. The summed E-state index contributed by atoms with van der Waals surface area (Å²) >= 11 is 0. The topological polar surface area (TPSA) is 105 Å². The Morgan fingerprint density at radius 3 is 2.87 bits per heavy atom. The molecule has 0 unspecified atom stereocenters. The van der Waals surface area contributed by atoms with Gasteiger partial charge in [0.1, 0.15) is 0 Å². The molecular weight excluding hydrogens is 198 g/mol. The summed E-state index contributed by atoms with van der Waals surface area (Å²) in [6.45, 7) is 0.135. The smallest absolute Gasteiger partial charge is 0.317 e. The van der Waals surface area contributed by atoms with Crippen LogP contribution in [-0.2, 0) is 11.3 Å². The molecular formula is C9H11N3O3. The molecule has 0 spiro atoms. The van der Waals surface area contributed by atoms with Gasteiger partial charge in [0.05, 0.1) is 12.2 Å². The van der Waals surface area contributed by atoms with Crippen LogP contribution in [-0.4, -0.2) is 28.5 Å². The van der Waals surface area contributed by atoms with Crippen LogP contribution in [0.2, 0.25) is 0 Å². The second-order valence-corrected chi connectivity index (χ2v) is 2.90. The Hall–Kier alpha value is -1.95. The van der Waals surface area contributed by atoms with Crippen LogP contribution < -0.4 is 11.1 Å². The van der Waals surface area contributed by atoms with Crippen molar-refractivity contribution in [2.45, 2.75) is 6.54 Å². The number of aromatic nitrogens is 1. The van der Waals surface area contributed by atoms with Gasteiger partial charge in [0.2, 0.25) is 5.91 Å². The zero-order valence-corrected chi connectivity index (χ0v) is 7.93. The van der Waals surface area contributed by atoms with Crippen LogP contribution in [0.25, 0.3) is 0 Å². The van der Waals surface area contributed by atoms with E-state index in [0.717, 1.165) is 0 Å². The number of carboxylic acids is 1. The van der Waals surface area contributed by atoms with Gasteiger partial charge in [0.25, 0.3) is 0 Å². The number of carboxylic acid groups (broad SMARTS) is 1. The molecule has 0 radical (unpaired) electrons. The van der Waals surface area contributed by atoms with Crippen molar-refractivity contribution in [1.29, 1.82) is 0 Å². The summed E-state index contributed by atoms with van der Waals surface area (Å²) < 4.78 is 0. The zero-order chi connectivity index (χ0) is 11.3. The number of hydrogen-bond acceptors (Lipinski definition) is 4. The van der Waals surface area contributed by atoms with Crippen molar-refractivity contribution in [2.75, 3.05) is 6.54 Å². The van der Waals surface area contributed by atoms with Crippen molar-refractivity contribution < 1.29 is 14.7 Å². The Balaban J connectivity index is 2.58. The largest absolute Gasteiger partial charge is 0.480 e. The van der Waals surface area contributed by atoms with Gasteiger partial charge in [0.15, 0.2) is 0 Å². The van der Waals surface area contributed by atoms with Crippen molar-refractivity contribution in [2.24, 2.45) is 5.73 Å². The highest BCUT2D eigenvalue weighted by Gasteiger charge is 2.02. The molecule has 1 aromatic rings. The van der Waals surface area contributed by atoms with E-state index in [4.69, 9.17) is 10.8 Å². The lowest BCUT2D eigenvalue weighted by Gasteiger charge is -2.02. The van der Waals surface area contributed by atoms with Crippen molar-refractivity contribution in [3.05, 3.63) is 29.6 Å². The van der Waals surface area contributed by atoms with E-state index in [1.54, 1.807) is 0 Å². The summed E-state index contributed by atoms with van der Waals surface area (Å²) in [7, 11) is 0. The maximum Gasteiger partial charge on any atom is 0.317 e. The molecule has 0 aliphatic heterocycles. The van der Waals surface area contributed by atoms with Gasteiger partial charge in [-0.15, -0.1) is 0 Å². The molecule has 4 N–H and O–H groups in total. The van der Waals surface area contributed by atoms with Crippen LogP contribution >= 0.6 is 0 Å². The first-order valence-electron chi connectivity index (χ1n) is 4.27. The molecule has 1 aromatic heterocycles. The molecule has 0 aliphatic rings. The normalized spacial score (nSPS) is 9.87. The van der Waals surface area contributed by atoms with Crippen molar-refractivity contribution in [1.82, 2.24) is 10.3 Å². The number of primary amides is 1. The summed E-state index contributed by atoms with van der Waals surface area (Å²) in [6.07, 6.45) is 1.46. The van der Waals surface area contributed by atoms with E-state index in [9.17, 15) is 9.59 Å². The van der Waals surface area contributed by atoms with E-state index < -0.39 is 11.9 Å². The Morgan fingerprint density at radius 2 is 2.27 bits per heavy atom. The molecule has 15 heavy (non-hydrogen) atoms. The third-order valence-electron chi connectivity index (χ3n) is 1.68. The molecule has 0 aliphatic carbocycles. The summed E-state index contributed by atoms with van der Waals surface area (Å²) in [5.41, 5.74) is 6.01. The molecule has 0 atom stereocenters. The van der Waals surface area contributed by atoms with Crippen LogP contribution in [0.4, 0.5) is 0 Å². The summed E-state index contributed by atoms with van der Waals surface area (Å²) in [4.78, 5) is 25.0. The standard InChI is InChI=1S/C9H11N3O3/c10-9(15)6-1-2-12-7(3-6)4-11-5-8(13)14/h1-3,11H,4-5H2,(H2,10,15)(H,13,14). The Morgan fingerprint density at radius 1 is 1.53 bits per heavy atom. The van der Waals surface area contributed by atoms with Gasteiger partial charge in [-0.05, 0) is 12.1 Å². The van der Waals surface area contributed by atoms with Crippen LogP contribution in [0, 0.1) is 0 Å². The van der Waals surface area contributed by atoms with Gasteiger partial charge in [-0.1, -0.05) is 0 Å². The van der Waals surface area contributed by atoms with Crippen molar-refractivity contribution >= 4 is 11.9 Å². The van der Waals surface area contributed by atoms with Crippen LogP contribution in [0.3, 0.4) is 0 Å². The number of carbonyl (C=O) groups excluding carboxylic acids is 1. The quantitative estimate of drug-likeness (QED) is 0.597. The SMILES string of the molecule is NC(=O)c1ccnc(CNCC(=O)O)c1. The zero-order valence-electron chi connectivity index (χ0n) is 7.93. The fourth-order valence-electron chi connectivity index (χ4n) is 1.03. The summed E-state index contributed by atoms with van der Waals surface area (Å²) in [5.74, 6) is -1.47. The number of pyridine rings is 1. The van der Waals surface area contributed by atoms with E-state index in [1.807, 2.05) is 0 Å². The van der Waals surface area contributed by atoms with Gasteiger partial charge in [-0.25, -0.2) is 0 Å². The van der Waals surface area contributed by atoms with E-state index in [0.29, 0.717) is 11.3 Å². The lowest BCUT2D eigenvalue weighted by molar-refractivity contribution is -0.136. The average molecular weight is 209 g/mol. The first-order chi connectivity index (χ1) is 7.09. The molecule has 0 aromatic carbocycles.